The van der Waals surface area contributed by atoms with E-state index in [2.05, 4.69) is 15.3 Å². The lowest BCUT2D eigenvalue weighted by molar-refractivity contribution is -0.129. The molecule has 0 fully saturated rings. The molecule has 3 rings (SSSR count). The maximum atomic E-state index is 12.4. The van der Waals surface area contributed by atoms with Crippen LogP contribution in [0, 0.1) is 0 Å². The largest absolute Gasteiger partial charge is 0.352 e. The molecule has 0 saturated heterocycles. The lowest BCUT2D eigenvalue weighted by Crippen LogP contribution is -2.25. The van der Waals surface area contributed by atoms with Gasteiger partial charge in [0.2, 0.25) is 11.9 Å². The van der Waals surface area contributed by atoms with Gasteiger partial charge in [0.25, 0.3) is 5.91 Å². The van der Waals surface area contributed by atoms with Gasteiger partial charge in [-0.25, -0.2) is 15.4 Å². The monoisotopic (exact) mass is 463 g/mol. The number of benzene rings is 2. The number of anilines is 3. The second-order valence-corrected chi connectivity index (χ2v) is 7.23. The van der Waals surface area contributed by atoms with Gasteiger partial charge in [-0.1, -0.05) is 63.1 Å². The number of nitrogens with one attached hydrogen (secondary N) is 2. The fourth-order valence-electron chi connectivity index (χ4n) is 3.21. The molecule has 2 amide bonds. The van der Waals surface area contributed by atoms with Gasteiger partial charge in [0.1, 0.15) is 0 Å². The van der Waals surface area contributed by atoms with E-state index in [1.165, 1.54) is 12.4 Å². The molecule has 0 aliphatic heterocycles. The lowest BCUT2D eigenvalue weighted by atomic mass is 10.1. The molecule has 8 nitrogen and oxygen atoms in total. The van der Waals surface area contributed by atoms with E-state index in [0.717, 1.165) is 30.6 Å². The van der Waals surface area contributed by atoms with Gasteiger partial charge in [0, 0.05) is 36.7 Å². The summed E-state index contributed by atoms with van der Waals surface area (Å²) in [6.45, 7) is 4.53. The smallest absolute Gasteiger partial charge is 0.254 e. The van der Waals surface area contributed by atoms with Gasteiger partial charge in [-0.05, 0) is 37.1 Å². The van der Waals surface area contributed by atoms with Crippen molar-refractivity contribution in [1.29, 1.82) is 0 Å². The Morgan fingerprint density at radius 2 is 1.35 bits per heavy atom. The highest BCUT2D eigenvalue weighted by Crippen LogP contribution is 2.31. The molecule has 0 saturated carbocycles. The predicted octanol–water partition coefficient (Wildman–Crippen LogP) is 5.16. The van der Waals surface area contributed by atoms with Crippen LogP contribution in [0.3, 0.4) is 0 Å². The minimum Gasteiger partial charge on any atom is -0.352 e. The highest BCUT2D eigenvalue weighted by atomic mass is 16.5. The third kappa shape index (κ3) is 8.29. The standard InChI is InChI=1S/C24H27N5O3.C2H6/c30-22(28-32)15-9-1-2-10-16-25-23(31)19-17-26-24(27-18-19)29(20-11-5-3-6-12-20)21-13-7-4-8-14-21;1-2/h3-8,11-14,17-18,32H,1-2,9-10,15-16H2,(H,25,31)(H,28,30);1-2H3. The minimum atomic E-state index is -0.375. The first-order chi connectivity index (χ1) is 16.7. The van der Waals surface area contributed by atoms with Crippen LogP contribution in [0.4, 0.5) is 17.3 Å². The second kappa shape index (κ2) is 15.1. The Bertz CT molecular complexity index is 943. The summed E-state index contributed by atoms with van der Waals surface area (Å²) in [6.07, 6.45) is 6.62. The van der Waals surface area contributed by atoms with E-state index in [1.807, 2.05) is 79.4 Å². The molecule has 1 heterocycles. The number of unbranched alkanes of at least 4 members (excludes halogenated alkanes) is 3. The Morgan fingerprint density at radius 1 is 0.824 bits per heavy atom. The molecule has 0 spiro atoms. The Kier molecular flexibility index (Phi) is 11.8. The molecule has 3 aromatic rings. The van der Waals surface area contributed by atoms with Crippen molar-refractivity contribution < 1.29 is 14.8 Å². The number of hydrogen-bond donors (Lipinski definition) is 3. The molecule has 180 valence electrons. The molecule has 1 aromatic heterocycles. The van der Waals surface area contributed by atoms with Gasteiger partial charge in [0.15, 0.2) is 0 Å². The zero-order valence-corrected chi connectivity index (χ0v) is 19.8. The molecule has 8 heteroatoms. The molecule has 0 aliphatic carbocycles. The average molecular weight is 464 g/mol. The third-order valence-electron chi connectivity index (χ3n) is 4.87. The van der Waals surface area contributed by atoms with Gasteiger partial charge in [-0.3, -0.25) is 19.7 Å². The van der Waals surface area contributed by atoms with E-state index in [1.54, 1.807) is 5.48 Å². The molecule has 0 radical (unpaired) electrons. The average Bonchev–Trinajstić information content (AvgIpc) is 2.91. The van der Waals surface area contributed by atoms with Crippen LogP contribution in [0.5, 0.6) is 0 Å². The summed E-state index contributed by atoms with van der Waals surface area (Å²) in [5.41, 5.74) is 3.86. The van der Waals surface area contributed by atoms with Crippen LogP contribution in [0.2, 0.25) is 0 Å². The SMILES string of the molecule is CC.O=C(CCCCCCNC(=O)c1cnc(N(c2ccccc2)c2ccccc2)nc1)NO. The first kappa shape index (κ1) is 26.5. The van der Waals surface area contributed by atoms with Crippen LogP contribution < -0.4 is 15.7 Å². The van der Waals surface area contributed by atoms with Crippen LogP contribution in [-0.2, 0) is 4.79 Å². The van der Waals surface area contributed by atoms with Crippen LogP contribution in [-0.4, -0.2) is 33.5 Å². The zero-order valence-electron chi connectivity index (χ0n) is 19.8. The van der Waals surface area contributed by atoms with E-state index in [-0.39, 0.29) is 11.8 Å². The summed E-state index contributed by atoms with van der Waals surface area (Å²) < 4.78 is 0. The van der Waals surface area contributed by atoms with Crippen molar-refractivity contribution in [2.45, 2.75) is 46.0 Å². The van der Waals surface area contributed by atoms with E-state index >= 15 is 0 Å². The Morgan fingerprint density at radius 3 is 1.88 bits per heavy atom. The summed E-state index contributed by atoms with van der Waals surface area (Å²) in [4.78, 5) is 34.2. The highest BCUT2D eigenvalue weighted by Gasteiger charge is 2.15. The van der Waals surface area contributed by atoms with Crippen LogP contribution in [0.1, 0.15) is 56.3 Å². The predicted molar refractivity (Wildman–Crippen MR) is 133 cm³/mol. The van der Waals surface area contributed by atoms with Crippen molar-refractivity contribution in [2.24, 2.45) is 0 Å². The van der Waals surface area contributed by atoms with E-state index in [0.29, 0.717) is 30.9 Å². The number of hydroxylamine groups is 1. The number of para-hydroxylation sites is 2. The first-order valence-electron chi connectivity index (χ1n) is 11.6. The summed E-state index contributed by atoms with van der Waals surface area (Å²) in [7, 11) is 0. The summed E-state index contributed by atoms with van der Waals surface area (Å²) in [5, 5.41) is 11.3. The van der Waals surface area contributed by atoms with Crippen molar-refractivity contribution in [1.82, 2.24) is 20.8 Å². The molecular weight excluding hydrogens is 430 g/mol. The number of amides is 2. The van der Waals surface area contributed by atoms with Crippen molar-refractivity contribution in [3.63, 3.8) is 0 Å². The highest BCUT2D eigenvalue weighted by molar-refractivity contribution is 5.93. The fraction of sp³-hybridized carbons (Fsp3) is 0.308. The maximum absolute atomic E-state index is 12.4. The Balaban J connectivity index is 0.00000199. The zero-order chi connectivity index (χ0) is 24.6. The maximum Gasteiger partial charge on any atom is 0.254 e. The van der Waals surface area contributed by atoms with E-state index < -0.39 is 0 Å². The molecule has 0 aliphatic rings. The Hall–Kier alpha value is -3.78. The van der Waals surface area contributed by atoms with Crippen LogP contribution in [0.25, 0.3) is 0 Å². The molecule has 2 aromatic carbocycles. The molecule has 0 atom stereocenters. The van der Waals surface area contributed by atoms with Gasteiger partial charge < -0.3 is 5.32 Å². The molecule has 3 N–H and O–H groups in total. The summed E-state index contributed by atoms with van der Waals surface area (Å²) in [6, 6.07) is 19.6. The first-order valence-corrected chi connectivity index (χ1v) is 11.6. The van der Waals surface area contributed by atoms with Crippen molar-refractivity contribution in [2.75, 3.05) is 11.4 Å². The fourth-order valence-corrected chi connectivity index (χ4v) is 3.21. The van der Waals surface area contributed by atoms with Crippen LogP contribution in [0.15, 0.2) is 73.1 Å². The topological polar surface area (TPSA) is 107 Å². The summed E-state index contributed by atoms with van der Waals surface area (Å²) >= 11 is 0. The van der Waals surface area contributed by atoms with Crippen molar-refractivity contribution in [3.8, 4) is 0 Å². The van der Waals surface area contributed by atoms with Gasteiger partial charge in [0.05, 0.1) is 5.56 Å². The third-order valence-corrected chi connectivity index (χ3v) is 4.87. The van der Waals surface area contributed by atoms with Crippen molar-refractivity contribution in [3.05, 3.63) is 78.6 Å². The molecule has 0 bridgehead atoms. The normalized spacial score (nSPS) is 9.97. The minimum absolute atomic E-state index is 0.220. The molecule has 0 unspecified atom stereocenters. The number of aromatic nitrogens is 2. The van der Waals surface area contributed by atoms with Gasteiger partial charge in [-0.15, -0.1) is 0 Å². The van der Waals surface area contributed by atoms with Gasteiger partial charge in [-0.2, -0.15) is 0 Å². The number of carbonyl (C=O) groups excluding carboxylic acids is 2. The van der Waals surface area contributed by atoms with Crippen molar-refractivity contribution >= 4 is 29.1 Å². The summed E-state index contributed by atoms with van der Waals surface area (Å²) in [5.74, 6) is -0.118. The number of hydrogen-bond acceptors (Lipinski definition) is 6. The van der Waals surface area contributed by atoms with Gasteiger partial charge >= 0.3 is 0 Å². The number of rotatable bonds is 11. The van der Waals surface area contributed by atoms with Crippen LogP contribution >= 0.6 is 0 Å². The number of carbonyl (C=O) groups is 2. The van der Waals surface area contributed by atoms with E-state index in [9.17, 15) is 9.59 Å². The molecular formula is C26H33N5O3. The van der Waals surface area contributed by atoms with E-state index in [4.69, 9.17) is 5.21 Å². The molecule has 34 heavy (non-hydrogen) atoms. The number of nitrogens with zero attached hydrogens (tertiary/aromatic N) is 3. The Labute approximate surface area is 201 Å². The second-order valence-electron chi connectivity index (χ2n) is 7.23. The lowest BCUT2D eigenvalue weighted by Gasteiger charge is -2.22. The quantitative estimate of drug-likeness (QED) is 0.206.